The van der Waals surface area contributed by atoms with Gasteiger partial charge in [-0.2, -0.15) is 0 Å². The van der Waals surface area contributed by atoms with Crippen LogP contribution in [0.15, 0.2) is 157 Å². The number of fused-ring (bicyclic) bond motifs is 1. The maximum absolute atomic E-state index is 14.5. The fourth-order valence-corrected chi connectivity index (χ4v) is 7.99. The van der Waals surface area contributed by atoms with Gasteiger partial charge in [0, 0.05) is 47.2 Å². The number of methoxy groups -OCH3 is 2. The van der Waals surface area contributed by atoms with Crippen molar-refractivity contribution in [2.24, 2.45) is 0 Å². The largest absolute Gasteiger partial charge is 0.497 e. The summed E-state index contributed by atoms with van der Waals surface area (Å²) >= 11 is 0. The maximum atomic E-state index is 14.5. The van der Waals surface area contributed by atoms with Gasteiger partial charge in [0.05, 0.1) is 50.0 Å². The number of likely N-dealkylation sites (N-methyl/N-ethyl adjacent to an activating group) is 2. The molecule has 0 aromatic heterocycles. The summed E-state index contributed by atoms with van der Waals surface area (Å²) in [6.07, 6.45) is 0. The lowest BCUT2D eigenvalue weighted by Crippen LogP contribution is -2.29. The van der Waals surface area contributed by atoms with Crippen LogP contribution in [0.5, 0.6) is 11.5 Å². The molecular weight excluding hydrogens is 753 g/mol. The molecule has 6 aromatic carbocycles. The third kappa shape index (κ3) is 7.16. The van der Waals surface area contributed by atoms with Crippen LogP contribution in [0.2, 0.25) is 0 Å². The monoisotopic (exact) mass is 798 g/mol. The topological polar surface area (TPSA) is 106 Å². The Morgan fingerprint density at radius 1 is 0.433 bits per heavy atom. The Labute approximate surface area is 350 Å². The number of hydrogen-bond donors (Lipinski definition) is 2. The highest BCUT2D eigenvalue weighted by Crippen LogP contribution is 2.47. The summed E-state index contributed by atoms with van der Waals surface area (Å²) in [5, 5.41) is 19.4. The van der Waals surface area contributed by atoms with Gasteiger partial charge in [0.25, 0.3) is 11.8 Å². The molecule has 8 rings (SSSR count). The average Bonchev–Trinajstić information content (AvgIpc) is 3.77. The highest BCUT2D eigenvalue weighted by molar-refractivity contribution is 6.30. The van der Waals surface area contributed by atoms with Crippen LogP contribution in [0.1, 0.15) is 36.1 Å². The van der Waals surface area contributed by atoms with Crippen molar-refractivity contribution in [3.05, 3.63) is 179 Å². The first-order valence-electron chi connectivity index (χ1n) is 19.9. The van der Waals surface area contributed by atoms with Crippen LogP contribution in [0.25, 0.3) is 11.4 Å². The second kappa shape index (κ2) is 17.0. The summed E-state index contributed by atoms with van der Waals surface area (Å²) in [6.45, 7) is 4.50. The predicted molar refractivity (Wildman–Crippen MR) is 236 cm³/mol. The third-order valence-electron chi connectivity index (χ3n) is 11.0. The minimum atomic E-state index is -0.206. The first-order chi connectivity index (χ1) is 29.3. The fraction of sp³-hybridized carbons (Fsp3) is 0.160. The van der Waals surface area contributed by atoms with Gasteiger partial charge in [0.15, 0.2) is 0 Å². The molecule has 0 aliphatic carbocycles. The van der Waals surface area contributed by atoms with Crippen molar-refractivity contribution in [3.8, 4) is 11.5 Å². The zero-order chi connectivity index (χ0) is 41.9. The van der Waals surface area contributed by atoms with Crippen LogP contribution in [-0.4, -0.2) is 59.1 Å². The summed E-state index contributed by atoms with van der Waals surface area (Å²) < 4.78 is 10.9. The number of carbonyl (C=O) groups excluding carboxylic acids is 2. The van der Waals surface area contributed by atoms with Gasteiger partial charge in [-0.25, -0.2) is 0 Å². The summed E-state index contributed by atoms with van der Waals surface area (Å²) in [5.74, 6) is 1.09. The van der Waals surface area contributed by atoms with E-state index < -0.39 is 0 Å². The molecule has 0 bridgehead atoms. The number of amides is 2. The van der Waals surface area contributed by atoms with E-state index in [-0.39, 0.29) is 25.0 Å². The zero-order valence-electron chi connectivity index (χ0n) is 34.0. The van der Waals surface area contributed by atoms with E-state index in [9.17, 15) is 19.8 Å². The number of benzene rings is 6. The van der Waals surface area contributed by atoms with Gasteiger partial charge < -0.3 is 39.3 Å². The van der Waals surface area contributed by atoms with Crippen LogP contribution < -0.4 is 19.3 Å². The van der Waals surface area contributed by atoms with Crippen molar-refractivity contribution in [1.29, 1.82) is 0 Å². The Bertz CT molecular complexity index is 2290. The Morgan fingerprint density at radius 3 is 0.950 bits per heavy atom. The lowest BCUT2D eigenvalue weighted by atomic mass is 10.0. The van der Waals surface area contributed by atoms with Gasteiger partial charge in [-0.1, -0.05) is 48.5 Å². The van der Waals surface area contributed by atoms with Gasteiger partial charge in [0.1, 0.15) is 11.5 Å². The van der Waals surface area contributed by atoms with Crippen LogP contribution in [-0.2, 0) is 22.8 Å². The molecule has 6 aromatic rings. The van der Waals surface area contributed by atoms with E-state index in [1.54, 1.807) is 24.0 Å². The lowest BCUT2D eigenvalue weighted by Gasteiger charge is -2.27. The molecule has 10 heteroatoms. The minimum absolute atomic E-state index is 0.0598. The van der Waals surface area contributed by atoms with Gasteiger partial charge in [-0.3, -0.25) is 9.59 Å². The summed E-state index contributed by atoms with van der Waals surface area (Å²) in [6, 6.07) is 46.9. The molecule has 2 heterocycles. The Kier molecular flexibility index (Phi) is 11.2. The van der Waals surface area contributed by atoms with Gasteiger partial charge >= 0.3 is 0 Å². The molecule has 0 spiro atoms. The van der Waals surface area contributed by atoms with Crippen molar-refractivity contribution >= 4 is 57.3 Å². The molecule has 0 unspecified atom stereocenters. The zero-order valence-corrected chi connectivity index (χ0v) is 34.0. The lowest BCUT2D eigenvalue weighted by molar-refractivity contribution is -0.124. The molecule has 0 radical (unpaired) electrons. The fourth-order valence-electron chi connectivity index (χ4n) is 7.99. The number of aliphatic hydroxyl groups is 2. The van der Waals surface area contributed by atoms with Gasteiger partial charge in [-0.15, -0.1) is 0 Å². The van der Waals surface area contributed by atoms with E-state index in [1.807, 2.05) is 159 Å². The quantitative estimate of drug-likeness (QED) is 0.112. The Balaban J connectivity index is 1.19. The van der Waals surface area contributed by atoms with Gasteiger partial charge in [-0.05, 0) is 133 Å². The molecule has 0 saturated heterocycles. The number of nitrogens with zero attached hydrogens (tertiary/aromatic N) is 4. The first kappa shape index (κ1) is 39.7. The molecular formula is C50H46N4O6. The van der Waals surface area contributed by atoms with E-state index >= 15 is 0 Å². The molecule has 302 valence electrons. The van der Waals surface area contributed by atoms with E-state index in [2.05, 4.69) is 9.80 Å². The molecule has 2 N–H and O–H groups in total. The van der Waals surface area contributed by atoms with Crippen molar-refractivity contribution in [1.82, 2.24) is 9.80 Å². The van der Waals surface area contributed by atoms with Crippen LogP contribution in [0.3, 0.4) is 0 Å². The standard InChI is InChI=1S/C50H46N4O6/c1-5-51-47(35-11-19-39(20-12-35)53(37-15-7-33(31-55)8-16-37)38-17-9-34(32-56)10-18-38)45-46(50(51)58)48(52(6-2)49(45)57)36-13-21-40(22-14-36)54(41-23-27-43(59-3)28-24-41)42-25-29-44(60-4)30-26-42/h7-30,55-56H,5-6,31-32H2,1-4H3. The first-order valence-corrected chi connectivity index (χ1v) is 19.9. The smallest absolute Gasteiger partial charge is 0.261 e. The van der Waals surface area contributed by atoms with Crippen molar-refractivity contribution < 1.29 is 29.3 Å². The van der Waals surface area contributed by atoms with Crippen LogP contribution in [0, 0.1) is 0 Å². The Hall–Kier alpha value is -7.14. The van der Waals surface area contributed by atoms with E-state index in [4.69, 9.17) is 9.47 Å². The number of aliphatic hydroxyl groups excluding tert-OH is 2. The maximum Gasteiger partial charge on any atom is 0.261 e. The minimum Gasteiger partial charge on any atom is -0.497 e. The van der Waals surface area contributed by atoms with E-state index in [0.29, 0.717) is 35.6 Å². The van der Waals surface area contributed by atoms with Gasteiger partial charge in [0.2, 0.25) is 0 Å². The number of carbonyl (C=O) groups is 2. The molecule has 60 heavy (non-hydrogen) atoms. The molecule has 2 aliphatic heterocycles. The number of ether oxygens (including phenoxy) is 2. The molecule has 0 atom stereocenters. The predicted octanol–water partition coefficient (Wildman–Crippen LogP) is 9.47. The van der Waals surface area contributed by atoms with Crippen LogP contribution in [0.4, 0.5) is 34.1 Å². The number of anilines is 6. The van der Waals surface area contributed by atoms with Crippen LogP contribution >= 0.6 is 0 Å². The highest BCUT2D eigenvalue weighted by atomic mass is 16.5. The van der Waals surface area contributed by atoms with Crippen molar-refractivity contribution in [2.45, 2.75) is 27.1 Å². The highest BCUT2D eigenvalue weighted by Gasteiger charge is 2.48. The molecule has 2 amide bonds. The van der Waals surface area contributed by atoms with Crippen molar-refractivity contribution in [2.75, 3.05) is 37.1 Å². The molecule has 0 fully saturated rings. The van der Waals surface area contributed by atoms with E-state index in [0.717, 1.165) is 67.9 Å². The SMILES string of the molecule is CCN1C(=O)C2=C(c3ccc(N(c4ccc(OC)cc4)c4ccc(OC)cc4)cc3)N(CC)C(=O)C2=C1c1ccc(N(c2ccc(CO)cc2)c2ccc(CO)cc2)cc1. The van der Waals surface area contributed by atoms with E-state index in [1.165, 1.54) is 0 Å². The normalized spacial score (nSPS) is 13.6. The summed E-state index contributed by atoms with van der Waals surface area (Å²) in [7, 11) is 3.28. The average molecular weight is 799 g/mol. The second-order valence-corrected chi connectivity index (χ2v) is 14.4. The molecule has 2 aliphatic rings. The number of rotatable bonds is 14. The molecule has 0 saturated carbocycles. The Morgan fingerprint density at radius 2 is 0.700 bits per heavy atom. The second-order valence-electron chi connectivity index (χ2n) is 14.4. The summed E-state index contributed by atoms with van der Waals surface area (Å²) in [5.41, 5.74) is 10.5. The van der Waals surface area contributed by atoms with Crippen molar-refractivity contribution in [3.63, 3.8) is 0 Å². The third-order valence-corrected chi connectivity index (χ3v) is 11.0. The summed E-state index contributed by atoms with van der Waals surface area (Å²) in [4.78, 5) is 36.5. The number of hydrogen-bond acceptors (Lipinski definition) is 8. The molecule has 10 nitrogen and oxygen atoms in total.